The summed E-state index contributed by atoms with van der Waals surface area (Å²) in [6.07, 6.45) is 7.13. The van der Waals surface area contributed by atoms with E-state index in [4.69, 9.17) is 0 Å². The largest absolute Gasteiger partial charge is 0.348 e. The first-order valence-electron chi connectivity index (χ1n) is 7.02. The van der Waals surface area contributed by atoms with Gasteiger partial charge in [0, 0.05) is 23.9 Å². The minimum absolute atomic E-state index is 0.537. The number of benzene rings is 1. The number of fused-ring (bicyclic) bond motifs is 1. The average molecular weight is 255 g/mol. The Labute approximate surface area is 114 Å². The number of H-pyrrole nitrogens is 1. The van der Waals surface area contributed by atoms with Crippen LogP contribution in [0.1, 0.15) is 34.7 Å². The van der Waals surface area contributed by atoms with Crippen LogP contribution in [0.3, 0.4) is 0 Å². The van der Waals surface area contributed by atoms with E-state index in [1.54, 1.807) is 6.33 Å². The molecule has 2 aromatic rings. The van der Waals surface area contributed by atoms with Gasteiger partial charge in [-0.25, -0.2) is 4.98 Å². The lowest BCUT2D eigenvalue weighted by Crippen LogP contribution is -2.37. The Balaban J connectivity index is 1.94. The van der Waals surface area contributed by atoms with E-state index in [-0.39, 0.29) is 0 Å². The maximum Gasteiger partial charge on any atom is 0.0921 e. The third kappa shape index (κ3) is 2.43. The van der Waals surface area contributed by atoms with Crippen molar-refractivity contribution in [3.63, 3.8) is 0 Å². The van der Waals surface area contributed by atoms with Crippen molar-refractivity contribution in [2.75, 3.05) is 7.05 Å². The summed E-state index contributed by atoms with van der Waals surface area (Å²) in [6, 6.07) is 7.45. The number of aromatic nitrogens is 2. The smallest absolute Gasteiger partial charge is 0.0921 e. The second kappa shape index (κ2) is 5.17. The number of hydrogen-bond donors (Lipinski definition) is 2. The quantitative estimate of drug-likeness (QED) is 0.885. The summed E-state index contributed by atoms with van der Waals surface area (Å²) in [5, 5.41) is 3.49. The Morgan fingerprint density at radius 3 is 3.05 bits per heavy atom. The van der Waals surface area contributed by atoms with Crippen molar-refractivity contribution in [2.24, 2.45) is 0 Å². The molecule has 0 bridgehead atoms. The molecule has 0 saturated carbocycles. The van der Waals surface area contributed by atoms with Crippen LogP contribution in [0, 0.1) is 6.92 Å². The minimum atomic E-state index is 0.537. The molecular weight excluding hydrogens is 234 g/mol. The van der Waals surface area contributed by atoms with Crippen molar-refractivity contribution in [3.8, 4) is 0 Å². The fourth-order valence-electron chi connectivity index (χ4n) is 3.27. The van der Waals surface area contributed by atoms with Crippen LogP contribution in [0.25, 0.3) is 0 Å². The molecule has 1 aliphatic carbocycles. The molecule has 2 unspecified atom stereocenters. The van der Waals surface area contributed by atoms with Crippen LogP contribution in [0.5, 0.6) is 0 Å². The number of aromatic amines is 1. The fourth-order valence-corrected chi connectivity index (χ4v) is 3.27. The molecule has 3 heteroatoms. The number of likely N-dealkylation sites (N-methyl/N-ethyl adjacent to an activating group) is 1. The van der Waals surface area contributed by atoms with Gasteiger partial charge in [0.05, 0.1) is 6.33 Å². The molecule has 0 spiro atoms. The standard InChI is InChI=1S/C16H21N3/c1-11-3-5-14-12(7-11)4-6-16(17-2)15(14)8-13-9-18-10-19-13/h3,5,7,9-10,15-17H,4,6,8H2,1-2H3,(H,18,19). The molecule has 0 amide bonds. The van der Waals surface area contributed by atoms with Gasteiger partial charge in [-0.3, -0.25) is 0 Å². The Hall–Kier alpha value is -1.61. The van der Waals surface area contributed by atoms with Crippen molar-refractivity contribution in [2.45, 2.75) is 38.1 Å². The van der Waals surface area contributed by atoms with Crippen LogP contribution in [-0.4, -0.2) is 23.1 Å². The van der Waals surface area contributed by atoms with Crippen LogP contribution in [-0.2, 0) is 12.8 Å². The van der Waals surface area contributed by atoms with Gasteiger partial charge in [-0.05, 0) is 44.4 Å². The van der Waals surface area contributed by atoms with E-state index in [0.717, 1.165) is 6.42 Å². The third-order valence-electron chi connectivity index (χ3n) is 4.27. The Bertz CT molecular complexity index is 545. The van der Waals surface area contributed by atoms with Crippen LogP contribution in [0.15, 0.2) is 30.7 Å². The molecule has 0 aliphatic heterocycles. The molecule has 0 radical (unpaired) electrons. The van der Waals surface area contributed by atoms with Crippen molar-refractivity contribution >= 4 is 0 Å². The number of rotatable bonds is 3. The maximum absolute atomic E-state index is 4.13. The number of imidazole rings is 1. The highest BCUT2D eigenvalue weighted by molar-refractivity contribution is 5.38. The minimum Gasteiger partial charge on any atom is -0.348 e. The van der Waals surface area contributed by atoms with Gasteiger partial charge < -0.3 is 10.3 Å². The van der Waals surface area contributed by atoms with E-state index < -0.39 is 0 Å². The van der Waals surface area contributed by atoms with Gasteiger partial charge in [0.25, 0.3) is 0 Å². The molecule has 19 heavy (non-hydrogen) atoms. The lowest BCUT2D eigenvalue weighted by Gasteiger charge is -2.33. The van der Waals surface area contributed by atoms with E-state index in [0.29, 0.717) is 12.0 Å². The Morgan fingerprint density at radius 1 is 1.42 bits per heavy atom. The zero-order chi connectivity index (χ0) is 13.2. The topological polar surface area (TPSA) is 40.7 Å². The SMILES string of the molecule is CNC1CCc2cc(C)ccc2C1Cc1cnc[nH]1. The van der Waals surface area contributed by atoms with E-state index in [9.17, 15) is 0 Å². The van der Waals surface area contributed by atoms with Gasteiger partial charge in [-0.1, -0.05) is 23.8 Å². The lowest BCUT2D eigenvalue weighted by molar-refractivity contribution is 0.407. The summed E-state index contributed by atoms with van der Waals surface area (Å²) in [7, 11) is 2.07. The van der Waals surface area contributed by atoms with E-state index in [1.165, 1.54) is 35.2 Å². The second-order valence-corrected chi connectivity index (χ2v) is 5.52. The normalized spacial score (nSPS) is 22.2. The summed E-state index contributed by atoms with van der Waals surface area (Å²) in [6.45, 7) is 2.17. The molecule has 2 atom stereocenters. The highest BCUT2D eigenvalue weighted by Gasteiger charge is 2.28. The fraction of sp³-hybridized carbons (Fsp3) is 0.438. The van der Waals surface area contributed by atoms with Crippen molar-refractivity contribution in [1.82, 2.24) is 15.3 Å². The Morgan fingerprint density at radius 2 is 2.32 bits per heavy atom. The van der Waals surface area contributed by atoms with Gasteiger partial charge in [0.2, 0.25) is 0 Å². The monoisotopic (exact) mass is 255 g/mol. The molecule has 0 fully saturated rings. The van der Waals surface area contributed by atoms with Gasteiger partial charge in [-0.15, -0.1) is 0 Å². The van der Waals surface area contributed by atoms with E-state index in [2.05, 4.69) is 47.5 Å². The number of aryl methyl sites for hydroxylation is 2. The molecule has 1 heterocycles. The molecule has 1 aromatic heterocycles. The highest BCUT2D eigenvalue weighted by Crippen LogP contribution is 2.34. The van der Waals surface area contributed by atoms with Crippen LogP contribution < -0.4 is 5.32 Å². The third-order valence-corrected chi connectivity index (χ3v) is 4.27. The number of nitrogens with one attached hydrogen (secondary N) is 2. The molecule has 1 aromatic carbocycles. The first-order valence-corrected chi connectivity index (χ1v) is 7.02. The first kappa shape index (κ1) is 12.4. The van der Waals surface area contributed by atoms with Gasteiger partial charge >= 0.3 is 0 Å². The van der Waals surface area contributed by atoms with Gasteiger partial charge in [0.1, 0.15) is 0 Å². The molecular formula is C16H21N3. The van der Waals surface area contributed by atoms with Crippen molar-refractivity contribution in [3.05, 3.63) is 53.1 Å². The average Bonchev–Trinajstić information content (AvgIpc) is 2.92. The summed E-state index contributed by atoms with van der Waals surface area (Å²) < 4.78 is 0. The number of nitrogens with zero attached hydrogens (tertiary/aromatic N) is 1. The van der Waals surface area contributed by atoms with E-state index in [1.807, 2.05) is 6.20 Å². The van der Waals surface area contributed by atoms with Gasteiger partial charge in [0.15, 0.2) is 0 Å². The number of hydrogen-bond acceptors (Lipinski definition) is 2. The molecule has 100 valence electrons. The van der Waals surface area contributed by atoms with Crippen molar-refractivity contribution in [1.29, 1.82) is 0 Å². The molecule has 0 saturated heterocycles. The maximum atomic E-state index is 4.13. The summed E-state index contributed by atoms with van der Waals surface area (Å²) in [5.41, 5.74) is 5.61. The predicted molar refractivity (Wildman–Crippen MR) is 77.4 cm³/mol. The van der Waals surface area contributed by atoms with Gasteiger partial charge in [-0.2, -0.15) is 0 Å². The van der Waals surface area contributed by atoms with Crippen LogP contribution >= 0.6 is 0 Å². The highest BCUT2D eigenvalue weighted by atomic mass is 14.9. The molecule has 3 nitrogen and oxygen atoms in total. The second-order valence-electron chi connectivity index (χ2n) is 5.52. The molecule has 1 aliphatic rings. The zero-order valence-electron chi connectivity index (χ0n) is 11.6. The van der Waals surface area contributed by atoms with Crippen LogP contribution in [0.4, 0.5) is 0 Å². The predicted octanol–water partition coefficient (Wildman–Crippen LogP) is 2.58. The summed E-state index contributed by atoms with van der Waals surface area (Å²) in [5.74, 6) is 0.537. The van der Waals surface area contributed by atoms with Crippen LogP contribution in [0.2, 0.25) is 0 Å². The lowest BCUT2D eigenvalue weighted by atomic mass is 9.76. The van der Waals surface area contributed by atoms with Crippen molar-refractivity contribution < 1.29 is 0 Å². The zero-order valence-corrected chi connectivity index (χ0v) is 11.6. The first-order chi connectivity index (χ1) is 9.28. The van der Waals surface area contributed by atoms with E-state index >= 15 is 0 Å². The summed E-state index contributed by atoms with van der Waals surface area (Å²) in [4.78, 5) is 7.37. The Kier molecular flexibility index (Phi) is 3.38. The molecule has 3 rings (SSSR count). The molecule has 2 N–H and O–H groups in total. The summed E-state index contributed by atoms with van der Waals surface area (Å²) >= 11 is 0.